The van der Waals surface area contributed by atoms with Crippen molar-refractivity contribution in [3.8, 4) is 0 Å². The summed E-state index contributed by atoms with van der Waals surface area (Å²) in [7, 11) is 0. The first-order valence-electron chi connectivity index (χ1n) is 10.4. The molecule has 0 heterocycles. The summed E-state index contributed by atoms with van der Waals surface area (Å²) in [5.41, 5.74) is 1.63. The molecule has 0 N–H and O–H groups in total. The standard InChI is InChI=1S/C22H44/c1-5-7-9-11-12-14-16-18-22(4)20-19-21(3)17-15-13-10-8-6-2/h20-21H,5-19H2,1-4H3. The van der Waals surface area contributed by atoms with Gasteiger partial charge in [0.1, 0.15) is 0 Å². The molecule has 0 heteroatoms. The highest BCUT2D eigenvalue weighted by atomic mass is 14.1. The van der Waals surface area contributed by atoms with Gasteiger partial charge < -0.3 is 0 Å². The lowest BCUT2D eigenvalue weighted by Crippen LogP contribution is -1.93. The van der Waals surface area contributed by atoms with Crippen LogP contribution in [0.2, 0.25) is 0 Å². The Balaban J connectivity index is 3.46. The van der Waals surface area contributed by atoms with Crippen LogP contribution in [-0.4, -0.2) is 0 Å². The van der Waals surface area contributed by atoms with E-state index >= 15 is 0 Å². The topological polar surface area (TPSA) is 0 Å². The van der Waals surface area contributed by atoms with E-state index in [1.165, 1.54) is 96.3 Å². The Morgan fingerprint density at radius 1 is 0.727 bits per heavy atom. The minimum absolute atomic E-state index is 0.880. The predicted molar refractivity (Wildman–Crippen MR) is 104 cm³/mol. The van der Waals surface area contributed by atoms with E-state index in [2.05, 4.69) is 33.8 Å². The second-order valence-electron chi connectivity index (χ2n) is 7.47. The number of hydrogen-bond donors (Lipinski definition) is 0. The van der Waals surface area contributed by atoms with E-state index in [-0.39, 0.29) is 0 Å². The SMILES string of the molecule is CCCCCCCCCC(C)=CCC(C)CCCCCCC. The molecule has 0 aromatic rings. The lowest BCUT2D eigenvalue weighted by Gasteiger charge is -2.09. The molecule has 0 rings (SSSR count). The third kappa shape index (κ3) is 16.1. The quantitative estimate of drug-likeness (QED) is 0.198. The summed E-state index contributed by atoms with van der Waals surface area (Å²) in [6.07, 6.45) is 23.6. The molecule has 0 spiro atoms. The smallest absolute Gasteiger partial charge is 0.0322 e. The molecule has 22 heavy (non-hydrogen) atoms. The zero-order chi connectivity index (χ0) is 16.5. The van der Waals surface area contributed by atoms with Crippen LogP contribution in [0, 0.1) is 5.92 Å². The number of hydrogen-bond acceptors (Lipinski definition) is 0. The van der Waals surface area contributed by atoms with Crippen LogP contribution in [0.15, 0.2) is 11.6 Å². The van der Waals surface area contributed by atoms with Crippen molar-refractivity contribution in [2.45, 2.75) is 124 Å². The predicted octanol–water partition coefficient (Wildman–Crippen LogP) is 8.46. The molecule has 1 atom stereocenters. The summed E-state index contributed by atoms with van der Waals surface area (Å²) in [4.78, 5) is 0. The molecule has 0 aromatic carbocycles. The molecule has 0 aliphatic heterocycles. The van der Waals surface area contributed by atoms with Gasteiger partial charge in [-0.05, 0) is 32.1 Å². The van der Waals surface area contributed by atoms with E-state index in [4.69, 9.17) is 0 Å². The third-order valence-electron chi connectivity index (χ3n) is 4.84. The van der Waals surface area contributed by atoms with Crippen LogP contribution in [0.3, 0.4) is 0 Å². The molecular formula is C22H44. The van der Waals surface area contributed by atoms with Crippen molar-refractivity contribution in [2.24, 2.45) is 5.92 Å². The van der Waals surface area contributed by atoms with E-state index < -0.39 is 0 Å². The Kier molecular flexibility index (Phi) is 16.9. The van der Waals surface area contributed by atoms with Gasteiger partial charge in [0.15, 0.2) is 0 Å². The molecule has 0 bridgehead atoms. The fraction of sp³-hybridized carbons (Fsp3) is 0.909. The highest BCUT2D eigenvalue weighted by molar-refractivity contribution is 4.98. The first kappa shape index (κ1) is 21.7. The van der Waals surface area contributed by atoms with Gasteiger partial charge in [-0.15, -0.1) is 0 Å². The van der Waals surface area contributed by atoms with Gasteiger partial charge >= 0.3 is 0 Å². The molecule has 0 amide bonds. The average molecular weight is 309 g/mol. The second-order valence-corrected chi connectivity index (χ2v) is 7.47. The maximum absolute atomic E-state index is 2.52. The fourth-order valence-corrected chi connectivity index (χ4v) is 3.08. The minimum atomic E-state index is 0.880. The van der Waals surface area contributed by atoms with Gasteiger partial charge in [-0.3, -0.25) is 0 Å². The van der Waals surface area contributed by atoms with Gasteiger partial charge in [0.25, 0.3) is 0 Å². The second kappa shape index (κ2) is 17.1. The molecule has 0 saturated heterocycles. The van der Waals surface area contributed by atoms with Crippen molar-refractivity contribution in [1.29, 1.82) is 0 Å². The van der Waals surface area contributed by atoms with Crippen molar-refractivity contribution in [1.82, 2.24) is 0 Å². The van der Waals surface area contributed by atoms with Crippen LogP contribution < -0.4 is 0 Å². The fourth-order valence-electron chi connectivity index (χ4n) is 3.08. The van der Waals surface area contributed by atoms with Crippen molar-refractivity contribution in [2.75, 3.05) is 0 Å². The van der Waals surface area contributed by atoms with Crippen LogP contribution in [0.5, 0.6) is 0 Å². The molecular weight excluding hydrogens is 264 g/mol. The van der Waals surface area contributed by atoms with Crippen LogP contribution >= 0.6 is 0 Å². The molecule has 0 aliphatic rings. The highest BCUT2D eigenvalue weighted by Gasteiger charge is 2.01. The van der Waals surface area contributed by atoms with Crippen molar-refractivity contribution in [3.05, 3.63) is 11.6 Å². The molecule has 0 aliphatic carbocycles. The van der Waals surface area contributed by atoms with E-state index in [1.807, 2.05) is 0 Å². The lowest BCUT2D eigenvalue weighted by molar-refractivity contribution is 0.488. The zero-order valence-corrected chi connectivity index (χ0v) is 16.3. The van der Waals surface area contributed by atoms with Crippen molar-refractivity contribution in [3.63, 3.8) is 0 Å². The largest absolute Gasteiger partial charge is 0.0853 e. The van der Waals surface area contributed by atoms with Crippen molar-refractivity contribution < 1.29 is 0 Å². The van der Waals surface area contributed by atoms with Gasteiger partial charge in [-0.1, -0.05) is 109 Å². The summed E-state index contributed by atoms with van der Waals surface area (Å²) >= 11 is 0. The molecule has 0 aromatic heterocycles. The summed E-state index contributed by atoms with van der Waals surface area (Å²) in [6, 6.07) is 0. The number of unbranched alkanes of at least 4 members (excludes halogenated alkanes) is 10. The minimum Gasteiger partial charge on any atom is -0.0853 e. The van der Waals surface area contributed by atoms with E-state index in [0.717, 1.165) is 5.92 Å². The Morgan fingerprint density at radius 3 is 1.82 bits per heavy atom. The molecule has 0 fully saturated rings. The van der Waals surface area contributed by atoms with E-state index in [1.54, 1.807) is 5.57 Å². The van der Waals surface area contributed by atoms with Gasteiger partial charge in [-0.2, -0.15) is 0 Å². The van der Waals surface area contributed by atoms with Gasteiger partial charge in [0.05, 0.1) is 0 Å². The number of allylic oxidation sites excluding steroid dienone is 2. The van der Waals surface area contributed by atoms with E-state index in [9.17, 15) is 0 Å². The first-order chi connectivity index (χ1) is 10.7. The monoisotopic (exact) mass is 308 g/mol. The molecule has 0 nitrogen and oxygen atoms in total. The van der Waals surface area contributed by atoms with Gasteiger partial charge in [-0.25, -0.2) is 0 Å². The summed E-state index contributed by atoms with van der Waals surface area (Å²) < 4.78 is 0. The zero-order valence-electron chi connectivity index (χ0n) is 16.3. The van der Waals surface area contributed by atoms with E-state index in [0.29, 0.717) is 0 Å². The highest BCUT2D eigenvalue weighted by Crippen LogP contribution is 2.18. The Morgan fingerprint density at radius 2 is 1.23 bits per heavy atom. The molecule has 1 unspecified atom stereocenters. The van der Waals surface area contributed by atoms with Gasteiger partial charge in [0, 0.05) is 0 Å². The van der Waals surface area contributed by atoms with Gasteiger partial charge in [0.2, 0.25) is 0 Å². The van der Waals surface area contributed by atoms with Crippen LogP contribution in [0.4, 0.5) is 0 Å². The first-order valence-corrected chi connectivity index (χ1v) is 10.4. The summed E-state index contributed by atoms with van der Waals surface area (Å²) in [6.45, 7) is 9.35. The lowest BCUT2D eigenvalue weighted by atomic mass is 9.97. The maximum atomic E-state index is 2.52. The Hall–Kier alpha value is -0.260. The average Bonchev–Trinajstić information content (AvgIpc) is 2.52. The third-order valence-corrected chi connectivity index (χ3v) is 4.84. The maximum Gasteiger partial charge on any atom is -0.0322 e. The molecule has 132 valence electrons. The number of rotatable bonds is 16. The normalized spacial score (nSPS) is 13.5. The van der Waals surface area contributed by atoms with Crippen molar-refractivity contribution >= 4 is 0 Å². The summed E-state index contributed by atoms with van der Waals surface area (Å²) in [5.74, 6) is 0.880. The van der Waals surface area contributed by atoms with Crippen LogP contribution in [-0.2, 0) is 0 Å². The molecule has 0 radical (unpaired) electrons. The Bertz CT molecular complexity index is 238. The Labute approximate surface area is 142 Å². The molecule has 0 saturated carbocycles. The van der Waals surface area contributed by atoms with Crippen LogP contribution in [0.25, 0.3) is 0 Å². The van der Waals surface area contributed by atoms with Crippen LogP contribution in [0.1, 0.15) is 124 Å². The summed E-state index contributed by atoms with van der Waals surface area (Å²) in [5, 5.41) is 0.